The van der Waals surface area contributed by atoms with E-state index in [-0.39, 0.29) is 18.1 Å². The Morgan fingerprint density at radius 1 is 1.14 bits per heavy atom. The molecule has 3 N–H and O–H groups in total. The van der Waals surface area contributed by atoms with Crippen molar-refractivity contribution in [3.05, 3.63) is 81.7 Å². The molecule has 0 bridgehead atoms. The van der Waals surface area contributed by atoms with Crippen LogP contribution < -0.4 is 10.9 Å². The Balaban J connectivity index is 1.52. The fourth-order valence-corrected chi connectivity index (χ4v) is 4.06. The summed E-state index contributed by atoms with van der Waals surface area (Å²) >= 11 is 0. The van der Waals surface area contributed by atoms with Gasteiger partial charge in [0.05, 0.1) is 17.7 Å². The van der Waals surface area contributed by atoms with E-state index < -0.39 is 11.9 Å². The lowest BCUT2D eigenvalue weighted by Gasteiger charge is -2.10. The van der Waals surface area contributed by atoms with Crippen LogP contribution in [0.3, 0.4) is 0 Å². The quantitative estimate of drug-likeness (QED) is 0.347. The van der Waals surface area contributed by atoms with E-state index in [4.69, 9.17) is 4.74 Å². The van der Waals surface area contributed by atoms with Crippen molar-refractivity contribution in [1.29, 1.82) is 0 Å². The number of anilines is 1. The van der Waals surface area contributed by atoms with Crippen molar-refractivity contribution in [3.8, 4) is 11.1 Å². The molecule has 5 aromatic rings. The van der Waals surface area contributed by atoms with Gasteiger partial charge in [0.2, 0.25) is 5.95 Å². The highest BCUT2D eigenvalue weighted by Gasteiger charge is 2.17. The molecule has 3 heterocycles. The first-order chi connectivity index (χ1) is 16.9. The maximum absolute atomic E-state index is 14.9. The van der Waals surface area contributed by atoms with Gasteiger partial charge in [0.1, 0.15) is 11.3 Å². The minimum absolute atomic E-state index is 0.191. The van der Waals surface area contributed by atoms with Crippen LogP contribution in [0.4, 0.5) is 15.1 Å². The van der Waals surface area contributed by atoms with Gasteiger partial charge in [-0.15, -0.1) is 0 Å². The smallest absolute Gasteiger partial charge is 0.413 e. The Bertz CT molecular complexity index is 1640. The number of imidazole rings is 1. The first-order valence-corrected chi connectivity index (χ1v) is 11.0. The largest absolute Gasteiger partial charge is 0.450 e. The number of aryl methyl sites for hydroxylation is 1. The summed E-state index contributed by atoms with van der Waals surface area (Å²) in [6, 6.07) is 12.1. The predicted octanol–water partition coefficient (Wildman–Crippen LogP) is 4.47. The molecule has 0 spiro atoms. The molecule has 176 valence electrons. The fraction of sp³-hybridized carbons (Fsp3) is 0.160. The minimum Gasteiger partial charge on any atom is -0.450 e. The Kier molecular flexibility index (Phi) is 5.69. The number of amides is 1. The van der Waals surface area contributed by atoms with E-state index in [1.807, 2.05) is 19.1 Å². The van der Waals surface area contributed by atoms with Crippen LogP contribution in [-0.2, 0) is 11.2 Å². The number of nitrogens with one attached hydrogen (secondary N) is 3. The highest BCUT2D eigenvalue weighted by molar-refractivity contribution is 5.89. The van der Waals surface area contributed by atoms with Crippen molar-refractivity contribution in [2.45, 2.75) is 20.3 Å². The van der Waals surface area contributed by atoms with Crippen LogP contribution >= 0.6 is 0 Å². The number of benzene rings is 2. The number of aromatic amines is 2. The lowest BCUT2D eigenvalue weighted by molar-refractivity contribution is 0.167. The summed E-state index contributed by atoms with van der Waals surface area (Å²) in [6.45, 7) is 3.75. The molecule has 9 nitrogen and oxygen atoms in total. The van der Waals surface area contributed by atoms with Crippen molar-refractivity contribution in [1.82, 2.24) is 25.1 Å². The second-order valence-corrected chi connectivity index (χ2v) is 7.96. The lowest BCUT2D eigenvalue weighted by Crippen LogP contribution is -2.14. The number of carbonyl (C=O) groups is 1. The molecule has 0 aliphatic carbocycles. The molecule has 0 saturated carbocycles. The van der Waals surface area contributed by atoms with Crippen LogP contribution in [0.25, 0.3) is 33.1 Å². The van der Waals surface area contributed by atoms with Gasteiger partial charge < -0.3 is 9.72 Å². The number of H-pyrrole nitrogens is 2. The Morgan fingerprint density at radius 3 is 2.74 bits per heavy atom. The van der Waals surface area contributed by atoms with E-state index in [9.17, 15) is 14.0 Å². The van der Waals surface area contributed by atoms with Gasteiger partial charge >= 0.3 is 6.09 Å². The highest BCUT2D eigenvalue weighted by Crippen LogP contribution is 2.31. The summed E-state index contributed by atoms with van der Waals surface area (Å²) in [5, 5.41) is 10.6. The number of halogens is 1. The van der Waals surface area contributed by atoms with Crippen LogP contribution in [0.5, 0.6) is 0 Å². The summed E-state index contributed by atoms with van der Waals surface area (Å²) in [5.41, 5.74) is 3.85. The van der Waals surface area contributed by atoms with Crippen LogP contribution in [0, 0.1) is 12.7 Å². The number of nitrogens with zero attached hydrogens (tertiary/aromatic N) is 3. The monoisotopic (exact) mass is 472 g/mol. The lowest BCUT2D eigenvalue weighted by atomic mass is 9.97. The molecule has 0 fully saturated rings. The summed E-state index contributed by atoms with van der Waals surface area (Å²) in [4.78, 5) is 35.5. The molecule has 35 heavy (non-hydrogen) atoms. The third-order valence-corrected chi connectivity index (χ3v) is 5.73. The van der Waals surface area contributed by atoms with Crippen LogP contribution in [0.2, 0.25) is 0 Å². The molecule has 0 unspecified atom stereocenters. The number of ether oxygens (including phenoxy) is 1. The number of aromatic nitrogens is 5. The van der Waals surface area contributed by atoms with Crippen molar-refractivity contribution < 1.29 is 13.9 Å². The van der Waals surface area contributed by atoms with E-state index in [1.165, 1.54) is 6.07 Å². The van der Waals surface area contributed by atoms with E-state index in [2.05, 4.69) is 30.5 Å². The van der Waals surface area contributed by atoms with E-state index >= 15 is 0 Å². The van der Waals surface area contributed by atoms with Gasteiger partial charge in [-0.3, -0.25) is 10.1 Å². The first-order valence-electron chi connectivity index (χ1n) is 11.0. The van der Waals surface area contributed by atoms with Gasteiger partial charge in [-0.05, 0) is 43.2 Å². The normalized spacial score (nSPS) is 11.2. The fourth-order valence-electron chi connectivity index (χ4n) is 4.06. The van der Waals surface area contributed by atoms with Crippen molar-refractivity contribution >= 4 is 34.0 Å². The maximum Gasteiger partial charge on any atom is 0.413 e. The molecular weight excluding hydrogens is 451 g/mol. The number of pyridine rings is 1. The second-order valence-electron chi connectivity index (χ2n) is 7.96. The number of hydrogen-bond donors (Lipinski definition) is 3. The van der Waals surface area contributed by atoms with Crippen molar-refractivity contribution in [2.24, 2.45) is 0 Å². The van der Waals surface area contributed by atoms with Gasteiger partial charge in [-0.25, -0.2) is 24.3 Å². The number of carbonyl (C=O) groups excluding carboxylic acids is 1. The molecule has 5 rings (SSSR count). The van der Waals surface area contributed by atoms with Crippen LogP contribution in [-0.4, -0.2) is 37.8 Å². The maximum atomic E-state index is 14.9. The molecule has 10 heteroatoms. The molecule has 0 atom stereocenters. The van der Waals surface area contributed by atoms with E-state index in [1.54, 1.807) is 37.4 Å². The van der Waals surface area contributed by atoms with Gasteiger partial charge in [0.15, 0.2) is 5.65 Å². The molecule has 1 amide bonds. The molecule has 0 aliphatic rings. The zero-order valence-electron chi connectivity index (χ0n) is 19.0. The Morgan fingerprint density at radius 2 is 1.94 bits per heavy atom. The SMILES string of the molecule is CCOC(=O)Nc1nc2c(C)c(-c3cc(Cc4n[nH]c(=O)c5ccccc45)ccc3F)cnc2[nH]1. The topological polar surface area (TPSA) is 126 Å². The zero-order valence-corrected chi connectivity index (χ0v) is 19.0. The second kappa shape index (κ2) is 8.98. The summed E-state index contributed by atoms with van der Waals surface area (Å²) in [6.07, 6.45) is 1.33. The van der Waals surface area contributed by atoms with Gasteiger partial charge in [-0.1, -0.05) is 24.3 Å². The standard InChI is InChI=1S/C25H21FN6O3/c1-3-35-25(34)30-24-28-21-13(2)18(12-27-22(21)29-24)17-10-14(8-9-19(17)26)11-20-15-6-4-5-7-16(15)23(33)32-31-20/h4-10,12H,3,11H2,1-2H3,(H,32,33)(H2,27,28,29,30,34). The highest BCUT2D eigenvalue weighted by atomic mass is 19.1. The average Bonchev–Trinajstić information content (AvgIpc) is 3.26. The molecule has 0 saturated heterocycles. The van der Waals surface area contributed by atoms with Crippen molar-refractivity contribution in [2.75, 3.05) is 11.9 Å². The summed E-state index contributed by atoms with van der Waals surface area (Å²) < 4.78 is 19.8. The van der Waals surface area contributed by atoms with E-state index in [0.717, 1.165) is 10.9 Å². The van der Waals surface area contributed by atoms with Crippen molar-refractivity contribution in [3.63, 3.8) is 0 Å². The zero-order chi connectivity index (χ0) is 24.5. The van der Waals surface area contributed by atoms with Gasteiger partial charge in [0.25, 0.3) is 5.56 Å². The number of hydrogen-bond acceptors (Lipinski definition) is 6. The first kappa shape index (κ1) is 22.2. The Labute approximate surface area is 198 Å². The van der Waals surface area contributed by atoms with Crippen LogP contribution in [0.15, 0.2) is 53.5 Å². The van der Waals surface area contributed by atoms with E-state index in [0.29, 0.717) is 45.4 Å². The average molecular weight is 472 g/mol. The van der Waals surface area contributed by atoms with Gasteiger partial charge in [0, 0.05) is 29.1 Å². The molecule has 2 aromatic carbocycles. The Hall–Kier alpha value is -4.60. The molecule has 0 aliphatic heterocycles. The summed E-state index contributed by atoms with van der Waals surface area (Å²) in [7, 11) is 0. The van der Waals surface area contributed by atoms with Gasteiger partial charge in [-0.2, -0.15) is 5.10 Å². The molecular formula is C25H21FN6O3. The number of fused-ring (bicyclic) bond motifs is 2. The predicted molar refractivity (Wildman–Crippen MR) is 130 cm³/mol. The number of rotatable bonds is 5. The molecule has 0 radical (unpaired) electrons. The third-order valence-electron chi connectivity index (χ3n) is 5.73. The molecule has 3 aromatic heterocycles. The third kappa shape index (κ3) is 4.21. The van der Waals surface area contributed by atoms with Crippen LogP contribution in [0.1, 0.15) is 23.7 Å². The summed E-state index contributed by atoms with van der Waals surface area (Å²) in [5.74, 6) is -0.214. The minimum atomic E-state index is -0.633.